The van der Waals surface area contributed by atoms with Gasteiger partial charge in [0.1, 0.15) is 17.3 Å². The minimum absolute atomic E-state index is 0.00852. The van der Waals surface area contributed by atoms with E-state index in [0.29, 0.717) is 24.6 Å². The van der Waals surface area contributed by atoms with Gasteiger partial charge in [0.05, 0.1) is 0 Å². The summed E-state index contributed by atoms with van der Waals surface area (Å²) in [4.78, 5) is 1.62. The number of halogens is 2. The molecule has 5 heteroatoms. The van der Waals surface area contributed by atoms with Crippen molar-refractivity contribution in [2.45, 2.75) is 0 Å². The van der Waals surface area contributed by atoms with Gasteiger partial charge in [0, 0.05) is 35.4 Å². The van der Waals surface area contributed by atoms with Crippen molar-refractivity contribution < 1.29 is 13.0 Å². The van der Waals surface area contributed by atoms with Gasteiger partial charge in [0.25, 0.3) is 0 Å². The molecule has 82 valence electrons. The lowest BCUT2D eigenvalue weighted by Gasteiger charge is -2.28. The van der Waals surface area contributed by atoms with Crippen LogP contribution in [0.25, 0.3) is 0 Å². The smallest absolute Gasteiger partial charge is 0.149 e. The minimum Gasteiger partial charge on any atom is -0.365 e. The molecule has 1 aliphatic heterocycles. The summed E-state index contributed by atoms with van der Waals surface area (Å²) in [5.74, 6) is -0.146. The Morgan fingerprint density at radius 3 is 2.20 bits per heavy atom. The van der Waals surface area contributed by atoms with Crippen LogP contribution in [0.1, 0.15) is 0 Å². The summed E-state index contributed by atoms with van der Waals surface area (Å²) in [6, 6.07) is 3.82. The summed E-state index contributed by atoms with van der Waals surface area (Å²) in [5.41, 5.74) is 0.00852. The van der Waals surface area contributed by atoms with Crippen molar-refractivity contribution in [3.05, 3.63) is 29.8 Å². The highest BCUT2D eigenvalue weighted by molar-refractivity contribution is 7.85. The number of hydrogen-bond acceptors (Lipinski definition) is 2. The monoisotopic (exact) mass is 231 g/mol. The molecule has 1 aliphatic rings. The average molecular weight is 231 g/mol. The van der Waals surface area contributed by atoms with E-state index < -0.39 is 22.4 Å². The molecule has 1 heterocycles. The van der Waals surface area contributed by atoms with Gasteiger partial charge in [0.2, 0.25) is 0 Å². The van der Waals surface area contributed by atoms with Crippen LogP contribution in [0.15, 0.2) is 18.2 Å². The first-order chi connectivity index (χ1) is 7.18. The fourth-order valence-corrected chi connectivity index (χ4v) is 2.70. The molecule has 0 radical (unpaired) electrons. The number of hydrogen-bond donors (Lipinski definition) is 0. The van der Waals surface area contributed by atoms with Crippen LogP contribution in [0.2, 0.25) is 0 Å². The highest BCUT2D eigenvalue weighted by Gasteiger charge is 2.20. The molecule has 0 N–H and O–H groups in total. The fraction of sp³-hybridized carbons (Fsp3) is 0.400. The number of anilines is 1. The van der Waals surface area contributed by atoms with Gasteiger partial charge in [-0.1, -0.05) is 6.07 Å². The van der Waals surface area contributed by atoms with Crippen LogP contribution in [0, 0.1) is 11.6 Å². The Morgan fingerprint density at radius 1 is 1.13 bits per heavy atom. The maximum Gasteiger partial charge on any atom is 0.149 e. The highest BCUT2D eigenvalue weighted by atomic mass is 32.2. The quantitative estimate of drug-likeness (QED) is 0.730. The standard InChI is InChI=1S/C10H11F2NOS/c11-8-2-1-3-9(12)10(8)13-4-6-15(14)7-5-13/h1-3H,4-7H2. The third kappa shape index (κ3) is 2.17. The molecule has 0 spiro atoms. The zero-order valence-corrected chi connectivity index (χ0v) is 8.90. The largest absolute Gasteiger partial charge is 0.365 e. The zero-order valence-electron chi connectivity index (χ0n) is 8.08. The van der Waals surface area contributed by atoms with Crippen LogP contribution in [-0.2, 0) is 10.8 Å². The van der Waals surface area contributed by atoms with E-state index in [-0.39, 0.29) is 5.69 Å². The zero-order chi connectivity index (χ0) is 10.8. The molecule has 0 aromatic heterocycles. The number of nitrogens with zero attached hydrogens (tertiary/aromatic N) is 1. The first-order valence-electron chi connectivity index (χ1n) is 4.72. The van der Waals surface area contributed by atoms with E-state index in [0.717, 1.165) is 0 Å². The Morgan fingerprint density at radius 2 is 1.67 bits per heavy atom. The van der Waals surface area contributed by atoms with E-state index in [2.05, 4.69) is 0 Å². The summed E-state index contributed by atoms with van der Waals surface area (Å²) in [5, 5.41) is 0. The van der Waals surface area contributed by atoms with E-state index in [1.807, 2.05) is 0 Å². The molecule has 1 saturated heterocycles. The lowest BCUT2D eigenvalue weighted by molar-refractivity contribution is 0.572. The fourth-order valence-electron chi connectivity index (χ4n) is 1.65. The lowest BCUT2D eigenvalue weighted by Crippen LogP contribution is -2.38. The van der Waals surface area contributed by atoms with Gasteiger partial charge in [-0.25, -0.2) is 8.78 Å². The van der Waals surface area contributed by atoms with Crippen molar-refractivity contribution in [1.82, 2.24) is 0 Å². The molecule has 0 bridgehead atoms. The van der Waals surface area contributed by atoms with Gasteiger partial charge in [-0.3, -0.25) is 4.21 Å². The number of benzene rings is 1. The Hall–Kier alpha value is -0.970. The Balaban J connectivity index is 2.26. The van der Waals surface area contributed by atoms with Gasteiger partial charge in [0.15, 0.2) is 0 Å². The second-order valence-corrected chi connectivity index (χ2v) is 5.10. The van der Waals surface area contributed by atoms with Gasteiger partial charge in [-0.15, -0.1) is 0 Å². The molecule has 0 aliphatic carbocycles. The highest BCUT2D eigenvalue weighted by Crippen LogP contribution is 2.23. The molecule has 2 nitrogen and oxygen atoms in total. The molecule has 0 saturated carbocycles. The molecule has 1 aromatic rings. The van der Waals surface area contributed by atoms with E-state index in [1.54, 1.807) is 4.90 Å². The summed E-state index contributed by atoms with van der Waals surface area (Å²) in [7, 11) is -0.834. The second kappa shape index (κ2) is 4.26. The van der Waals surface area contributed by atoms with Gasteiger partial charge in [-0.05, 0) is 12.1 Å². The molecule has 1 fully saturated rings. The lowest BCUT2D eigenvalue weighted by atomic mass is 10.2. The van der Waals surface area contributed by atoms with Crippen LogP contribution in [0.5, 0.6) is 0 Å². The Labute approximate surface area is 89.4 Å². The van der Waals surface area contributed by atoms with Gasteiger partial charge in [-0.2, -0.15) is 0 Å². The molecule has 1 aromatic carbocycles. The maximum atomic E-state index is 13.4. The number of para-hydroxylation sites is 1. The third-order valence-corrected chi connectivity index (χ3v) is 3.71. The predicted molar refractivity (Wildman–Crippen MR) is 56.4 cm³/mol. The van der Waals surface area contributed by atoms with Crippen LogP contribution in [0.4, 0.5) is 14.5 Å². The van der Waals surface area contributed by atoms with Crippen LogP contribution in [-0.4, -0.2) is 28.8 Å². The average Bonchev–Trinajstić information content (AvgIpc) is 2.20. The van der Waals surface area contributed by atoms with E-state index in [4.69, 9.17) is 0 Å². The van der Waals surface area contributed by atoms with Gasteiger partial charge < -0.3 is 4.90 Å². The molecule has 15 heavy (non-hydrogen) atoms. The van der Waals surface area contributed by atoms with Crippen molar-refractivity contribution in [2.75, 3.05) is 29.5 Å². The summed E-state index contributed by atoms with van der Waals surface area (Å²) in [6.45, 7) is 0.898. The first-order valence-corrected chi connectivity index (χ1v) is 6.21. The summed E-state index contributed by atoms with van der Waals surface area (Å²) < 4.78 is 37.9. The summed E-state index contributed by atoms with van der Waals surface area (Å²) >= 11 is 0. The van der Waals surface area contributed by atoms with E-state index in [9.17, 15) is 13.0 Å². The topological polar surface area (TPSA) is 20.3 Å². The molecule has 2 rings (SSSR count). The third-order valence-electron chi connectivity index (χ3n) is 2.43. The normalized spacial score (nSPS) is 18.1. The maximum absolute atomic E-state index is 13.4. The van der Waals surface area contributed by atoms with E-state index in [1.165, 1.54) is 18.2 Å². The summed E-state index contributed by atoms with van der Waals surface area (Å²) in [6.07, 6.45) is 0. The molecule has 0 atom stereocenters. The van der Waals surface area contributed by atoms with Crippen molar-refractivity contribution in [2.24, 2.45) is 0 Å². The predicted octanol–water partition coefficient (Wildman–Crippen LogP) is 1.53. The molecule has 0 unspecified atom stereocenters. The van der Waals surface area contributed by atoms with Crippen LogP contribution in [0.3, 0.4) is 0 Å². The molecular formula is C10H11F2NOS. The molecular weight excluding hydrogens is 220 g/mol. The van der Waals surface area contributed by atoms with Crippen molar-refractivity contribution in [3.8, 4) is 0 Å². The second-order valence-electron chi connectivity index (χ2n) is 3.41. The van der Waals surface area contributed by atoms with Crippen molar-refractivity contribution >= 4 is 16.5 Å². The van der Waals surface area contributed by atoms with Crippen LogP contribution >= 0.6 is 0 Å². The number of rotatable bonds is 1. The Kier molecular flexibility index (Phi) is 3.00. The van der Waals surface area contributed by atoms with E-state index >= 15 is 0 Å². The van der Waals surface area contributed by atoms with Gasteiger partial charge >= 0.3 is 0 Å². The van der Waals surface area contributed by atoms with Crippen molar-refractivity contribution in [1.29, 1.82) is 0 Å². The Bertz CT molecular complexity index is 367. The van der Waals surface area contributed by atoms with Crippen LogP contribution < -0.4 is 4.90 Å². The molecule has 0 amide bonds. The first kappa shape index (κ1) is 10.5. The minimum atomic E-state index is -0.834. The van der Waals surface area contributed by atoms with Crippen molar-refractivity contribution in [3.63, 3.8) is 0 Å². The SMILES string of the molecule is O=S1CCN(c2c(F)cccc2F)CC1.